The third-order valence-electron chi connectivity index (χ3n) is 3.45. The van der Waals surface area contributed by atoms with Gasteiger partial charge in [-0.2, -0.15) is 13.2 Å². The van der Waals surface area contributed by atoms with Gasteiger partial charge in [0, 0.05) is 28.1 Å². The summed E-state index contributed by atoms with van der Waals surface area (Å²) in [5, 5.41) is 13.0. The molecule has 4 nitrogen and oxygen atoms in total. The van der Waals surface area contributed by atoms with Crippen LogP contribution >= 0.6 is 11.8 Å². The van der Waals surface area contributed by atoms with Crippen LogP contribution in [0.3, 0.4) is 0 Å². The first-order chi connectivity index (χ1) is 11.8. The van der Waals surface area contributed by atoms with E-state index >= 15 is 0 Å². The first-order valence-corrected chi connectivity index (χ1v) is 7.98. The summed E-state index contributed by atoms with van der Waals surface area (Å²) in [4.78, 5) is 11.4. The van der Waals surface area contributed by atoms with E-state index in [1.807, 2.05) is 0 Å². The van der Waals surface area contributed by atoms with Crippen LogP contribution in [-0.4, -0.2) is 16.6 Å². The largest absolute Gasteiger partial charge is 0.475 e. The van der Waals surface area contributed by atoms with Gasteiger partial charge in [0.25, 0.3) is 0 Å². The van der Waals surface area contributed by atoms with E-state index in [-0.39, 0.29) is 29.0 Å². The van der Waals surface area contributed by atoms with Gasteiger partial charge in [0.2, 0.25) is 5.76 Å². The molecule has 3 aromatic rings. The molecule has 0 aliphatic heterocycles. The maximum atomic E-state index is 12.3. The summed E-state index contributed by atoms with van der Waals surface area (Å²) in [7, 11) is 0. The number of carbonyl (C=O) groups is 1. The fraction of sp³-hybridized carbons (Fsp3) is 0.118. The quantitative estimate of drug-likeness (QED) is 0.595. The maximum absolute atomic E-state index is 12.3. The molecular formula is C17H12F3NO3S. The number of furan rings is 1. The van der Waals surface area contributed by atoms with Crippen LogP contribution < -0.4 is 5.32 Å². The first kappa shape index (κ1) is 17.2. The number of hydrogen-bond donors (Lipinski definition) is 2. The number of thioether (sulfide) groups is 1. The van der Waals surface area contributed by atoms with Gasteiger partial charge in [-0.3, -0.25) is 0 Å². The average molecular weight is 367 g/mol. The Kier molecular flexibility index (Phi) is 4.63. The number of halogens is 3. The molecular weight excluding hydrogens is 355 g/mol. The van der Waals surface area contributed by atoms with Gasteiger partial charge in [-0.1, -0.05) is 18.2 Å². The molecule has 2 aromatic carbocycles. The van der Waals surface area contributed by atoms with Crippen molar-refractivity contribution in [1.82, 2.24) is 0 Å². The van der Waals surface area contributed by atoms with Crippen LogP contribution in [0.1, 0.15) is 16.1 Å². The Bertz CT molecular complexity index is 904. The van der Waals surface area contributed by atoms with Crippen LogP contribution in [0.4, 0.5) is 18.9 Å². The molecule has 1 heterocycles. The smallest absolute Gasteiger partial charge is 0.446 e. The molecule has 0 saturated heterocycles. The highest BCUT2D eigenvalue weighted by Crippen LogP contribution is 2.37. The number of benzene rings is 2. The van der Waals surface area contributed by atoms with E-state index in [2.05, 4.69) is 5.32 Å². The summed E-state index contributed by atoms with van der Waals surface area (Å²) >= 11 is -0.187. The average Bonchev–Trinajstić information content (AvgIpc) is 2.92. The Balaban J connectivity index is 1.79. The van der Waals surface area contributed by atoms with E-state index in [9.17, 15) is 23.1 Å². The minimum Gasteiger partial charge on any atom is -0.475 e. The molecule has 130 valence electrons. The van der Waals surface area contributed by atoms with Gasteiger partial charge in [-0.15, -0.1) is 0 Å². The van der Waals surface area contributed by atoms with Crippen molar-refractivity contribution in [3.63, 3.8) is 0 Å². The van der Waals surface area contributed by atoms with Crippen LogP contribution in [0.15, 0.2) is 57.8 Å². The zero-order chi connectivity index (χ0) is 18.0. The van der Waals surface area contributed by atoms with Crippen LogP contribution in [0.5, 0.6) is 0 Å². The Morgan fingerprint density at radius 1 is 1.12 bits per heavy atom. The van der Waals surface area contributed by atoms with E-state index in [0.717, 1.165) is 0 Å². The topological polar surface area (TPSA) is 62.5 Å². The molecule has 0 atom stereocenters. The second-order valence-corrected chi connectivity index (χ2v) is 6.28. The van der Waals surface area contributed by atoms with Crippen molar-refractivity contribution in [2.24, 2.45) is 0 Å². The highest BCUT2D eigenvalue weighted by atomic mass is 32.2. The molecule has 2 N–H and O–H groups in total. The molecule has 0 spiro atoms. The lowest BCUT2D eigenvalue weighted by Crippen LogP contribution is -2.05. The third kappa shape index (κ3) is 4.08. The van der Waals surface area contributed by atoms with Crippen LogP contribution in [0.2, 0.25) is 0 Å². The molecule has 25 heavy (non-hydrogen) atoms. The number of fused-ring (bicyclic) bond motifs is 1. The van der Waals surface area contributed by atoms with Crippen LogP contribution in [0.25, 0.3) is 11.0 Å². The standard InChI is InChI=1S/C17H12F3NO3S/c18-17(19,20)25-11-7-5-10(6-8-11)21-9-13-12-3-1-2-4-14(12)24-15(13)16(22)23/h1-8,21H,9H2,(H,22,23). The van der Waals surface area contributed by atoms with Crippen molar-refractivity contribution in [2.75, 3.05) is 5.32 Å². The molecule has 0 unspecified atom stereocenters. The highest BCUT2D eigenvalue weighted by Gasteiger charge is 2.29. The Labute approximate surface area is 144 Å². The van der Waals surface area contributed by atoms with Gasteiger partial charge in [0.15, 0.2) is 0 Å². The van der Waals surface area contributed by atoms with Crippen molar-refractivity contribution in [1.29, 1.82) is 0 Å². The molecule has 3 rings (SSSR count). The third-order valence-corrected chi connectivity index (χ3v) is 4.19. The summed E-state index contributed by atoms with van der Waals surface area (Å²) in [6.07, 6.45) is 0. The highest BCUT2D eigenvalue weighted by molar-refractivity contribution is 8.00. The minimum absolute atomic E-state index is 0.0815. The summed E-state index contributed by atoms with van der Waals surface area (Å²) < 4.78 is 42.3. The van der Waals surface area contributed by atoms with Crippen molar-refractivity contribution in [3.05, 3.63) is 59.9 Å². The summed E-state index contributed by atoms with van der Waals surface area (Å²) in [6, 6.07) is 12.7. The second kappa shape index (κ2) is 6.72. The lowest BCUT2D eigenvalue weighted by molar-refractivity contribution is -0.0328. The normalized spacial score (nSPS) is 11.6. The van der Waals surface area contributed by atoms with E-state index in [0.29, 0.717) is 22.2 Å². The monoisotopic (exact) mass is 367 g/mol. The number of carboxylic acid groups (broad SMARTS) is 1. The van der Waals surface area contributed by atoms with E-state index in [1.165, 1.54) is 24.3 Å². The van der Waals surface area contributed by atoms with E-state index in [4.69, 9.17) is 4.42 Å². The molecule has 0 radical (unpaired) electrons. The molecule has 0 bridgehead atoms. The van der Waals surface area contributed by atoms with Gasteiger partial charge in [-0.25, -0.2) is 4.79 Å². The maximum Gasteiger partial charge on any atom is 0.446 e. The number of aromatic carboxylic acids is 1. The number of alkyl halides is 3. The Hall–Kier alpha value is -2.61. The first-order valence-electron chi connectivity index (χ1n) is 7.17. The molecule has 0 aliphatic rings. The summed E-state index contributed by atoms with van der Waals surface area (Å²) in [5.41, 5.74) is -2.81. The SMILES string of the molecule is O=C(O)c1oc2ccccc2c1CNc1ccc(SC(F)(F)F)cc1. The lowest BCUT2D eigenvalue weighted by Gasteiger charge is -2.08. The number of anilines is 1. The lowest BCUT2D eigenvalue weighted by atomic mass is 10.1. The van der Waals surface area contributed by atoms with Crippen molar-refractivity contribution >= 4 is 34.4 Å². The van der Waals surface area contributed by atoms with Crippen LogP contribution in [0, 0.1) is 0 Å². The second-order valence-electron chi connectivity index (χ2n) is 5.14. The molecule has 0 aliphatic carbocycles. The molecule has 0 fully saturated rings. The van der Waals surface area contributed by atoms with Gasteiger partial charge in [0.1, 0.15) is 5.58 Å². The number of para-hydroxylation sites is 1. The predicted molar refractivity (Wildman–Crippen MR) is 88.9 cm³/mol. The number of rotatable bonds is 5. The molecule has 0 amide bonds. The van der Waals surface area contributed by atoms with Gasteiger partial charge in [-0.05, 0) is 42.1 Å². The minimum atomic E-state index is -4.33. The van der Waals surface area contributed by atoms with Gasteiger partial charge < -0.3 is 14.8 Å². The summed E-state index contributed by atoms with van der Waals surface area (Å²) in [6.45, 7) is 0.171. The summed E-state index contributed by atoms with van der Waals surface area (Å²) in [5.74, 6) is -1.33. The zero-order valence-corrected chi connectivity index (χ0v) is 13.4. The van der Waals surface area contributed by atoms with Crippen molar-refractivity contribution < 1.29 is 27.5 Å². The predicted octanol–water partition coefficient (Wildman–Crippen LogP) is 5.36. The number of nitrogens with one attached hydrogen (secondary N) is 1. The zero-order valence-electron chi connectivity index (χ0n) is 12.6. The fourth-order valence-electron chi connectivity index (χ4n) is 2.41. The number of hydrogen-bond acceptors (Lipinski definition) is 4. The number of carboxylic acids is 1. The fourth-order valence-corrected chi connectivity index (χ4v) is 2.95. The molecule has 1 aromatic heterocycles. The Morgan fingerprint density at radius 3 is 2.44 bits per heavy atom. The Morgan fingerprint density at radius 2 is 1.80 bits per heavy atom. The van der Waals surface area contributed by atoms with Gasteiger partial charge in [0.05, 0.1) is 0 Å². The van der Waals surface area contributed by atoms with Crippen molar-refractivity contribution in [3.8, 4) is 0 Å². The molecule has 0 saturated carbocycles. The van der Waals surface area contributed by atoms with E-state index in [1.54, 1.807) is 24.3 Å². The van der Waals surface area contributed by atoms with Gasteiger partial charge >= 0.3 is 11.5 Å². The van der Waals surface area contributed by atoms with Crippen molar-refractivity contribution in [2.45, 2.75) is 16.9 Å². The van der Waals surface area contributed by atoms with Crippen LogP contribution in [-0.2, 0) is 6.54 Å². The van der Waals surface area contributed by atoms with E-state index < -0.39 is 11.5 Å². The molecule has 8 heteroatoms.